The Hall–Kier alpha value is -2.90. The molecule has 0 aromatic heterocycles. The molecule has 3 amide bonds. The maximum atomic E-state index is 13.7. The first kappa shape index (κ1) is 24.7. The van der Waals surface area contributed by atoms with E-state index in [1.165, 1.54) is 17.0 Å². The summed E-state index contributed by atoms with van der Waals surface area (Å²) < 4.78 is 0. The van der Waals surface area contributed by atoms with Crippen LogP contribution >= 0.6 is 0 Å². The molecule has 0 saturated carbocycles. The van der Waals surface area contributed by atoms with Crippen molar-refractivity contribution >= 4 is 23.7 Å². The Kier molecular flexibility index (Phi) is 7.44. The Morgan fingerprint density at radius 2 is 1.67 bits per heavy atom. The van der Waals surface area contributed by atoms with Crippen LogP contribution in [0.2, 0.25) is 0 Å². The molecule has 8 heteroatoms. The minimum absolute atomic E-state index is 0.0155. The van der Waals surface area contributed by atoms with Gasteiger partial charge in [-0.05, 0) is 55.2 Å². The van der Waals surface area contributed by atoms with Gasteiger partial charge in [0, 0.05) is 6.54 Å². The van der Waals surface area contributed by atoms with Crippen molar-refractivity contribution in [2.24, 2.45) is 17.8 Å². The number of phenolic OH excluding ortho intramolecular Hbond substituents is 1. The van der Waals surface area contributed by atoms with Crippen molar-refractivity contribution < 1.29 is 29.4 Å². The summed E-state index contributed by atoms with van der Waals surface area (Å²) in [5.41, 5.74) is 0.625. The molecule has 2 aliphatic rings. The second kappa shape index (κ2) is 9.93. The van der Waals surface area contributed by atoms with Crippen LogP contribution < -0.4 is 0 Å². The van der Waals surface area contributed by atoms with Gasteiger partial charge in [0.2, 0.25) is 17.7 Å². The van der Waals surface area contributed by atoms with E-state index >= 15 is 0 Å². The minimum atomic E-state index is -1.07. The summed E-state index contributed by atoms with van der Waals surface area (Å²) in [6.07, 6.45) is 1.70. The lowest BCUT2D eigenvalue weighted by atomic mass is 9.83. The molecule has 33 heavy (non-hydrogen) atoms. The third kappa shape index (κ3) is 5.04. The van der Waals surface area contributed by atoms with Crippen LogP contribution in [0.5, 0.6) is 5.75 Å². The predicted molar refractivity (Wildman–Crippen MR) is 121 cm³/mol. The molecule has 2 saturated heterocycles. The number of nitrogens with zero attached hydrogens (tertiary/aromatic N) is 2. The highest BCUT2D eigenvalue weighted by atomic mass is 16.4. The van der Waals surface area contributed by atoms with Crippen molar-refractivity contribution in [3.63, 3.8) is 0 Å². The Balaban J connectivity index is 2.01. The van der Waals surface area contributed by atoms with E-state index in [-0.39, 0.29) is 29.9 Å². The molecule has 1 aromatic carbocycles. The fourth-order valence-corrected chi connectivity index (χ4v) is 5.10. The first-order valence-electron chi connectivity index (χ1n) is 11.7. The Labute approximate surface area is 194 Å². The van der Waals surface area contributed by atoms with Gasteiger partial charge in [0.25, 0.3) is 0 Å². The quantitative estimate of drug-likeness (QED) is 0.579. The van der Waals surface area contributed by atoms with Crippen LogP contribution in [0, 0.1) is 17.8 Å². The fourth-order valence-electron chi connectivity index (χ4n) is 5.10. The van der Waals surface area contributed by atoms with Gasteiger partial charge in [-0.15, -0.1) is 0 Å². The van der Waals surface area contributed by atoms with Gasteiger partial charge in [-0.1, -0.05) is 39.8 Å². The van der Waals surface area contributed by atoms with Crippen LogP contribution in [-0.2, 0) is 19.2 Å². The number of imide groups is 1. The number of aliphatic carboxylic acids is 1. The van der Waals surface area contributed by atoms with Gasteiger partial charge in [0.05, 0.1) is 11.8 Å². The monoisotopic (exact) mass is 458 g/mol. The van der Waals surface area contributed by atoms with Crippen molar-refractivity contribution in [3.05, 3.63) is 29.8 Å². The maximum absolute atomic E-state index is 13.7. The average Bonchev–Trinajstić information content (AvgIpc) is 3.30. The number of amides is 3. The largest absolute Gasteiger partial charge is 0.508 e. The average molecular weight is 459 g/mol. The maximum Gasteiger partial charge on any atom is 0.326 e. The summed E-state index contributed by atoms with van der Waals surface area (Å²) in [5, 5.41) is 19.2. The minimum Gasteiger partial charge on any atom is -0.508 e. The molecular formula is C25H34N2O6. The smallest absolute Gasteiger partial charge is 0.326 e. The number of hydrogen-bond donors (Lipinski definition) is 2. The molecule has 2 N–H and O–H groups in total. The number of phenols is 1. The molecule has 0 spiro atoms. The first-order chi connectivity index (χ1) is 15.5. The SMILES string of the molecule is CC(C)CC1C(=O)N(C(CC(C)C)C(=O)N2CCC[C@H]2C(=O)O)C(=O)C1c1ccc(O)cc1. The first-order valence-corrected chi connectivity index (χ1v) is 11.7. The normalized spacial score (nSPS) is 24.2. The van der Waals surface area contributed by atoms with Crippen molar-refractivity contribution in [3.8, 4) is 5.75 Å². The number of carboxylic acids is 1. The molecular weight excluding hydrogens is 424 g/mol. The number of carbonyl (C=O) groups excluding carboxylic acids is 3. The lowest BCUT2D eigenvalue weighted by Gasteiger charge is -2.32. The summed E-state index contributed by atoms with van der Waals surface area (Å²) in [4.78, 5) is 55.0. The van der Waals surface area contributed by atoms with Crippen molar-refractivity contribution in [2.45, 2.75) is 71.4 Å². The van der Waals surface area contributed by atoms with Crippen molar-refractivity contribution in [2.75, 3.05) is 6.54 Å². The highest BCUT2D eigenvalue weighted by Crippen LogP contribution is 2.41. The number of hydrogen-bond acceptors (Lipinski definition) is 5. The molecule has 8 nitrogen and oxygen atoms in total. The van der Waals surface area contributed by atoms with Gasteiger partial charge in [-0.3, -0.25) is 19.3 Å². The standard InChI is InChI=1S/C25H34N2O6/c1-14(2)12-18-21(16-7-9-17(28)10-8-16)24(31)27(22(18)29)20(13-15(3)4)23(30)26-11-5-6-19(26)25(32)33/h7-10,14-15,18-21,28H,5-6,11-13H2,1-4H3,(H,32,33)/t18?,19-,20?,21?/m0/s1. The van der Waals surface area contributed by atoms with E-state index < -0.39 is 41.7 Å². The van der Waals surface area contributed by atoms with Crippen molar-refractivity contribution in [1.29, 1.82) is 0 Å². The van der Waals surface area contributed by atoms with Crippen LogP contribution in [0.4, 0.5) is 0 Å². The Morgan fingerprint density at radius 3 is 2.21 bits per heavy atom. The van der Waals surface area contributed by atoms with E-state index in [2.05, 4.69) is 0 Å². The Morgan fingerprint density at radius 1 is 1.03 bits per heavy atom. The summed E-state index contributed by atoms with van der Waals surface area (Å²) in [5.74, 6) is -3.46. The van der Waals surface area contributed by atoms with Crippen LogP contribution in [0.3, 0.4) is 0 Å². The van der Waals surface area contributed by atoms with Crippen LogP contribution in [-0.4, -0.2) is 62.3 Å². The summed E-state index contributed by atoms with van der Waals surface area (Å²) in [7, 11) is 0. The van der Waals surface area contributed by atoms with Gasteiger partial charge >= 0.3 is 5.97 Å². The van der Waals surface area contributed by atoms with Crippen molar-refractivity contribution in [1.82, 2.24) is 9.80 Å². The Bertz CT molecular complexity index is 910. The highest BCUT2D eigenvalue weighted by molar-refractivity contribution is 6.10. The third-order valence-electron chi connectivity index (χ3n) is 6.55. The topological polar surface area (TPSA) is 115 Å². The van der Waals surface area contributed by atoms with Gasteiger partial charge in [-0.2, -0.15) is 0 Å². The summed E-state index contributed by atoms with van der Waals surface area (Å²) in [6, 6.07) is 4.30. The zero-order valence-corrected chi connectivity index (χ0v) is 19.7. The molecule has 0 bridgehead atoms. The van der Waals surface area contributed by atoms with Gasteiger partial charge in [-0.25, -0.2) is 4.79 Å². The van der Waals surface area contributed by atoms with E-state index in [1.807, 2.05) is 27.7 Å². The van der Waals surface area contributed by atoms with E-state index in [0.29, 0.717) is 31.4 Å². The number of carboxylic acid groups (broad SMARTS) is 1. The lowest BCUT2D eigenvalue weighted by molar-refractivity contribution is -0.155. The second-order valence-corrected chi connectivity index (χ2v) is 10.0. The highest BCUT2D eigenvalue weighted by Gasteiger charge is 2.53. The molecule has 0 radical (unpaired) electrons. The summed E-state index contributed by atoms with van der Waals surface area (Å²) in [6.45, 7) is 8.08. The number of carbonyl (C=O) groups is 4. The molecule has 0 aliphatic carbocycles. The number of aromatic hydroxyl groups is 1. The lowest BCUT2D eigenvalue weighted by Crippen LogP contribution is -2.54. The molecule has 2 fully saturated rings. The molecule has 4 atom stereocenters. The molecule has 2 heterocycles. The van der Waals surface area contributed by atoms with Gasteiger partial charge in [0.15, 0.2) is 0 Å². The molecule has 2 aliphatic heterocycles. The van der Waals surface area contributed by atoms with Crippen LogP contribution in [0.1, 0.15) is 64.9 Å². The zero-order valence-electron chi connectivity index (χ0n) is 19.7. The summed E-state index contributed by atoms with van der Waals surface area (Å²) >= 11 is 0. The van der Waals surface area contributed by atoms with Gasteiger partial charge < -0.3 is 15.1 Å². The number of likely N-dealkylation sites (tertiary alicyclic amines) is 2. The number of benzene rings is 1. The fraction of sp³-hybridized carbons (Fsp3) is 0.600. The molecule has 1 aromatic rings. The number of rotatable bonds is 8. The second-order valence-electron chi connectivity index (χ2n) is 10.0. The third-order valence-corrected chi connectivity index (χ3v) is 6.55. The van der Waals surface area contributed by atoms with Crippen LogP contribution in [0.15, 0.2) is 24.3 Å². The van der Waals surface area contributed by atoms with E-state index in [0.717, 1.165) is 4.90 Å². The zero-order chi connectivity index (χ0) is 24.4. The predicted octanol–water partition coefficient (Wildman–Crippen LogP) is 3.00. The molecule has 3 rings (SSSR count). The molecule has 3 unspecified atom stereocenters. The molecule has 180 valence electrons. The van der Waals surface area contributed by atoms with E-state index in [9.17, 15) is 29.4 Å². The van der Waals surface area contributed by atoms with E-state index in [4.69, 9.17) is 0 Å². The van der Waals surface area contributed by atoms with E-state index in [1.54, 1.807) is 12.1 Å². The van der Waals surface area contributed by atoms with Crippen LogP contribution in [0.25, 0.3) is 0 Å². The van der Waals surface area contributed by atoms with Gasteiger partial charge in [0.1, 0.15) is 17.8 Å².